The standard InChI is InChI=1S/C13H11Cl3N2/c14-10-6-9(17)2-1-8(10)3-7-4-11(15)13(18)12(16)5-7/h1-2,4-6H,3,17-18H2. The smallest absolute Gasteiger partial charge is 0.0693 e. The SMILES string of the molecule is Nc1ccc(Cc2cc(Cl)c(N)c(Cl)c2)c(Cl)c1. The summed E-state index contributed by atoms with van der Waals surface area (Å²) in [5, 5.41) is 1.52. The van der Waals surface area contributed by atoms with Gasteiger partial charge >= 0.3 is 0 Å². The first-order valence-corrected chi connectivity index (χ1v) is 6.38. The van der Waals surface area contributed by atoms with E-state index in [1.165, 1.54) is 0 Å². The van der Waals surface area contributed by atoms with Crippen LogP contribution in [-0.4, -0.2) is 0 Å². The van der Waals surface area contributed by atoms with Crippen LogP contribution in [-0.2, 0) is 6.42 Å². The maximum atomic E-state index is 6.12. The highest BCUT2D eigenvalue weighted by Crippen LogP contribution is 2.31. The van der Waals surface area contributed by atoms with Gasteiger partial charge in [0.1, 0.15) is 0 Å². The zero-order valence-electron chi connectivity index (χ0n) is 9.38. The van der Waals surface area contributed by atoms with E-state index in [4.69, 9.17) is 46.3 Å². The van der Waals surface area contributed by atoms with Crippen molar-refractivity contribution in [3.05, 3.63) is 56.5 Å². The Bertz CT molecular complexity index is 574. The molecule has 0 atom stereocenters. The van der Waals surface area contributed by atoms with Gasteiger partial charge in [0.2, 0.25) is 0 Å². The molecular weight excluding hydrogens is 291 g/mol. The fourth-order valence-electron chi connectivity index (χ4n) is 1.67. The third kappa shape index (κ3) is 2.83. The number of halogens is 3. The summed E-state index contributed by atoms with van der Waals surface area (Å²) in [6, 6.07) is 8.99. The van der Waals surface area contributed by atoms with Crippen LogP contribution in [0, 0.1) is 0 Å². The van der Waals surface area contributed by atoms with Crippen LogP contribution in [0.5, 0.6) is 0 Å². The lowest BCUT2D eigenvalue weighted by atomic mass is 10.0. The molecule has 2 nitrogen and oxygen atoms in total. The zero-order valence-corrected chi connectivity index (χ0v) is 11.7. The molecule has 18 heavy (non-hydrogen) atoms. The molecule has 0 radical (unpaired) electrons. The van der Waals surface area contributed by atoms with Crippen molar-refractivity contribution in [2.75, 3.05) is 11.5 Å². The van der Waals surface area contributed by atoms with E-state index >= 15 is 0 Å². The van der Waals surface area contributed by atoms with Crippen molar-refractivity contribution in [2.45, 2.75) is 6.42 Å². The molecule has 0 aliphatic carbocycles. The van der Waals surface area contributed by atoms with Crippen LogP contribution >= 0.6 is 34.8 Å². The molecule has 2 aromatic rings. The normalized spacial score (nSPS) is 10.6. The number of rotatable bonds is 2. The lowest BCUT2D eigenvalue weighted by Gasteiger charge is -2.08. The largest absolute Gasteiger partial charge is 0.399 e. The van der Waals surface area contributed by atoms with Crippen LogP contribution in [0.25, 0.3) is 0 Å². The van der Waals surface area contributed by atoms with Crippen molar-refractivity contribution in [3.63, 3.8) is 0 Å². The lowest BCUT2D eigenvalue weighted by molar-refractivity contribution is 1.19. The molecule has 5 heteroatoms. The molecule has 0 aromatic heterocycles. The number of hydrogen-bond donors (Lipinski definition) is 2. The Morgan fingerprint density at radius 3 is 2.00 bits per heavy atom. The molecule has 0 aliphatic heterocycles. The molecular formula is C13H11Cl3N2. The van der Waals surface area contributed by atoms with Crippen molar-refractivity contribution >= 4 is 46.2 Å². The van der Waals surface area contributed by atoms with Gasteiger partial charge in [0.05, 0.1) is 15.7 Å². The molecule has 0 fully saturated rings. The maximum Gasteiger partial charge on any atom is 0.0693 e. The molecule has 94 valence electrons. The topological polar surface area (TPSA) is 52.0 Å². The van der Waals surface area contributed by atoms with Gasteiger partial charge in [0.15, 0.2) is 0 Å². The average Bonchev–Trinajstić information content (AvgIpc) is 2.29. The molecule has 0 saturated carbocycles. The highest BCUT2D eigenvalue weighted by molar-refractivity contribution is 6.38. The third-order valence-corrected chi connectivity index (χ3v) is 3.59. The first-order valence-electron chi connectivity index (χ1n) is 5.24. The fraction of sp³-hybridized carbons (Fsp3) is 0.0769. The van der Waals surface area contributed by atoms with Crippen molar-refractivity contribution in [1.29, 1.82) is 0 Å². The summed E-state index contributed by atoms with van der Waals surface area (Å²) in [5.74, 6) is 0. The van der Waals surface area contributed by atoms with Crippen LogP contribution in [0.2, 0.25) is 15.1 Å². The van der Waals surface area contributed by atoms with E-state index in [2.05, 4.69) is 0 Å². The molecule has 4 N–H and O–H groups in total. The Hall–Kier alpha value is -1.09. The van der Waals surface area contributed by atoms with Crippen LogP contribution in [0.4, 0.5) is 11.4 Å². The molecule has 0 spiro atoms. The molecule has 2 rings (SSSR count). The van der Waals surface area contributed by atoms with Crippen molar-refractivity contribution < 1.29 is 0 Å². The number of hydrogen-bond acceptors (Lipinski definition) is 2. The van der Waals surface area contributed by atoms with E-state index < -0.39 is 0 Å². The summed E-state index contributed by atoms with van der Waals surface area (Å²) in [7, 11) is 0. The minimum absolute atomic E-state index is 0.394. The second-order valence-corrected chi connectivity index (χ2v) is 5.22. The summed E-state index contributed by atoms with van der Waals surface area (Å²) in [6.45, 7) is 0. The Kier molecular flexibility index (Phi) is 3.91. The Morgan fingerprint density at radius 2 is 1.44 bits per heavy atom. The van der Waals surface area contributed by atoms with Gasteiger partial charge in [0, 0.05) is 10.7 Å². The number of nitrogen functional groups attached to an aromatic ring is 2. The van der Waals surface area contributed by atoms with E-state index in [0.717, 1.165) is 11.1 Å². The molecule has 0 saturated heterocycles. The summed E-state index contributed by atoms with van der Waals surface area (Å²) in [4.78, 5) is 0. The molecule has 0 amide bonds. The van der Waals surface area contributed by atoms with Crippen LogP contribution in [0.1, 0.15) is 11.1 Å². The minimum atomic E-state index is 0.394. The first-order chi connectivity index (χ1) is 8.47. The Labute approximate surface area is 120 Å². The van der Waals surface area contributed by atoms with E-state index in [1.54, 1.807) is 18.2 Å². The monoisotopic (exact) mass is 300 g/mol. The van der Waals surface area contributed by atoms with Crippen molar-refractivity contribution in [2.24, 2.45) is 0 Å². The summed E-state index contributed by atoms with van der Waals surface area (Å²) >= 11 is 18.1. The van der Waals surface area contributed by atoms with Gasteiger partial charge in [-0.2, -0.15) is 0 Å². The van der Waals surface area contributed by atoms with Crippen LogP contribution in [0.3, 0.4) is 0 Å². The van der Waals surface area contributed by atoms with Gasteiger partial charge in [-0.3, -0.25) is 0 Å². The maximum absolute atomic E-state index is 6.12. The zero-order chi connectivity index (χ0) is 13.3. The van der Waals surface area contributed by atoms with Crippen molar-refractivity contribution in [1.82, 2.24) is 0 Å². The average molecular weight is 302 g/mol. The second kappa shape index (κ2) is 5.27. The van der Waals surface area contributed by atoms with Crippen molar-refractivity contribution in [3.8, 4) is 0 Å². The predicted molar refractivity (Wildman–Crippen MR) is 79.5 cm³/mol. The number of nitrogens with two attached hydrogens (primary N) is 2. The van der Waals surface area contributed by atoms with Gasteiger partial charge in [-0.05, 0) is 41.8 Å². The molecule has 2 aromatic carbocycles. The Balaban J connectivity index is 2.34. The quantitative estimate of drug-likeness (QED) is 0.808. The highest BCUT2D eigenvalue weighted by Gasteiger charge is 2.07. The van der Waals surface area contributed by atoms with E-state index in [9.17, 15) is 0 Å². The predicted octanol–water partition coefficient (Wildman–Crippen LogP) is 4.40. The lowest BCUT2D eigenvalue weighted by Crippen LogP contribution is -1.94. The molecule has 0 unspecified atom stereocenters. The fourth-order valence-corrected chi connectivity index (χ4v) is 2.45. The summed E-state index contributed by atoms with van der Waals surface area (Å²) in [6.07, 6.45) is 0.624. The second-order valence-electron chi connectivity index (χ2n) is 4.00. The number of anilines is 2. The minimum Gasteiger partial charge on any atom is -0.399 e. The molecule has 0 heterocycles. The Morgan fingerprint density at radius 1 is 0.833 bits per heavy atom. The van der Waals surface area contributed by atoms with Gasteiger partial charge in [0.25, 0.3) is 0 Å². The van der Waals surface area contributed by atoms with E-state index in [-0.39, 0.29) is 0 Å². The highest BCUT2D eigenvalue weighted by atomic mass is 35.5. The van der Waals surface area contributed by atoms with Crippen LogP contribution < -0.4 is 11.5 Å². The van der Waals surface area contributed by atoms with Gasteiger partial charge in [-0.15, -0.1) is 0 Å². The first kappa shape index (κ1) is 13.3. The summed E-state index contributed by atoms with van der Waals surface area (Å²) < 4.78 is 0. The summed E-state index contributed by atoms with van der Waals surface area (Å²) in [5.41, 5.74) is 14.3. The van der Waals surface area contributed by atoms with E-state index in [0.29, 0.717) is 32.9 Å². The van der Waals surface area contributed by atoms with Gasteiger partial charge < -0.3 is 11.5 Å². The molecule has 0 bridgehead atoms. The molecule has 0 aliphatic rings. The third-order valence-electron chi connectivity index (χ3n) is 2.61. The van der Waals surface area contributed by atoms with Gasteiger partial charge in [-0.25, -0.2) is 0 Å². The van der Waals surface area contributed by atoms with Crippen LogP contribution in [0.15, 0.2) is 30.3 Å². The number of benzene rings is 2. The van der Waals surface area contributed by atoms with E-state index in [1.807, 2.05) is 12.1 Å². The van der Waals surface area contributed by atoms with Gasteiger partial charge in [-0.1, -0.05) is 40.9 Å².